The second-order valence-corrected chi connectivity index (χ2v) is 12.7. The number of carbonyl (C=O) groups excluding carboxylic acids is 1. The van der Waals surface area contributed by atoms with Crippen LogP contribution in [0.1, 0.15) is 27.0 Å². The van der Waals surface area contributed by atoms with E-state index in [1.54, 1.807) is 44.2 Å². The van der Waals surface area contributed by atoms with Gasteiger partial charge in [-0.25, -0.2) is 14.5 Å². The van der Waals surface area contributed by atoms with E-state index in [1.807, 2.05) is 0 Å². The number of hydrogen-bond acceptors (Lipinski definition) is 11. The third-order valence-corrected chi connectivity index (χ3v) is 8.43. The number of imidazole rings is 1. The number of halogens is 2. The predicted octanol–water partition coefficient (Wildman–Crippen LogP) is 2.11. The Balaban J connectivity index is 1.56. The third-order valence-electron chi connectivity index (χ3n) is 5.52. The van der Waals surface area contributed by atoms with Crippen molar-refractivity contribution in [2.24, 2.45) is 0 Å². The standard InChI is InChI=1S/C22H27ClFN6O7PS/c1-11(2)35-19(33)12(3)29-38(39,37-13-7-5-4-6-8-13)34-9-14-16(31)22(23,24)20(36-14)30-10-26-15-17(30)27-21(25)28-18(15)32/h4-8,10-12,14,16,20,31H,9H2,1-3H3,(H,29,39)(H3,25,27,28,32)/t12?,14-,16-,20-,22-,38?/m1/s1. The first-order valence-corrected chi connectivity index (χ1v) is 14.7. The Morgan fingerprint density at radius 2 is 2.10 bits per heavy atom. The zero-order chi connectivity index (χ0) is 28.5. The fourth-order valence-corrected chi connectivity index (χ4v) is 6.44. The maximum atomic E-state index is 15.6. The summed E-state index contributed by atoms with van der Waals surface area (Å²) in [6.45, 7) is 0.925. The van der Waals surface area contributed by atoms with Crippen molar-refractivity contribution in [3.05, 3.63) is 47.0 Å². The molecule has 2 aromatic heterocycles. The summed E-state index contributed by atoms with van der Waals surface area (Å²) in [5, 5.41) is 10.7. The average molecular weight is 605 g/mol. The van der Waals surface area contributed by atoms with Crippen LogP contribution in [0.25, 0.3) is 11.2 Å². The van der Waals surface area contributed by atoms with Gasteiger partial charge in [-0.3, -0.25) is 19.1 Å². The molecule has 0 bridgehead atoms. The Labute approximate surface area is 232 Å². The predicted molar refractivity (Wildman–Crippen MR) is 143 cm³/mol. The lowest BCUT2D eigenvalue weighted by molar-refractivity contribution is -0.149. The van der Waals surface area contributed by atoms with Gasteiger partial charge in [0, 0.05) is 0 Å². The van der Waals surface area contributed by atoms with E-state index >= 15 is 4.39 Å². The molecule has 1 saturated heterocycles. The van der Waals surface area contributed by atoms with Crippen molar-refractivity contribution in [2.45, 2.75) is 56.5 Å². The number of H-pyrrole nitrogens is 1. The number of nitrogens with one attached hydrogen (secondary N) is 2. The lowest BCUT2D eigenvalue weighted by Crippen LogP contribution is -2.40. The van der Waals surface area contributed by atoms with Crippen LogP contribution in [0, 0.1) is 0 Å². The van der Waals surface area contributed by atoms with E-state index in [-0.39, 0.29) is 23.2 Å². The number of esters is 1. The van der Waals surface area contributed by atoms with Crippen molar-refractivity contribution in [3.63, 3.8) is 0 Å². The highest BCUT2D eigenvalue weighted by molar-refractivity contribution is 8.09. The minimum atomic E-state index is -3.52. The Morgan fingerprint density at radius 1 is 1.41 bits per heavy atom. The van der Waals surface area contributed by atoms with Gasteiger partial charge in [0.15, 0.2) is 17.4 Å². The molecule has 6 atom stereocenters. The van der Waals surface area contributed by atoms with E-state index in [0.29, 0.717) is 5.75 Å². The lowest BCUT2D eigenvalue weighted by atomic mass is 10.1. The highest BCUT2D eigenvalue weighted by Crippen LogP contribution is 2.49. The molecule has 4 rings (SSSR count). The molecule has 5 N–H and O–H groups in total. The Morgan fingerprint density at radius 3 is 2.77 bits per heavy atom. The smallest absolute Gasteiger partial charge is 0.323 e. The quantitative estimate of drug-likeness (QED) is 0.151. The zero-order valence-electron chi connectivity index (χ0n) is 21.0. The number of aliphatic hydroxyl groups excluding tert-OH is 1. The lowest BCUT2D eigenvalue weighted by Gasteiger charge is -2.28. The fraction of sp³-hybridized carbons (Fsp3) is 0.455. The number of aliphatic hydroxyl groups is 1. The molecule has 3 heterocycles. The van der Waals surface area contributed by atoms with Gasteiger partial charge in [-0.15, -0.1) is 0 Å². The third kappa shape index (κ3) is 6.40. The first kappa shape index (κ1) is 29.3. The number of ether oxygens (including phenoxy) is 2. The number of anilines is 1. The molecule has 17 heteroatoms. The van der Waals surface area contributed by atoms with E-state index in [2.05, 4.69) is 20.0 Å². The van der Waals surface area contributed by atoms with E-state index in [1.165, 1.54) is 6.92 Å². The number of carbonyl (C=O) groups is 1. The van der Waals surface area contributed by atoms with Crippen LogP contribution < -0.4 is 20.9 Å². The molecule has 0 radical (unpaired) electrons. The number of benzene rings is 1. The van der Waals surface area contributed by atoms with Crippen molar-refractivity contribution in [1.82, 2.24) is 24.6 Å². The van der Waals surface area contributed by atoms with Crippen LogP contribution in [0.4, 0.5) is 10.3 Å². The number of aromatic amines is 1. The summed E-state index contributed by atoms with van der Waals surface area (Å²) in [6.07, 6.45) is -4.20. The van der Waals surface area contributed by atoms with Crippen LogP contribution in [0.3, 0.4) is 0 Å². The topological polar surface area (TPSA) is 176 Å². The molecule has 2 unspecified atom stereocenters. The number of fused-ring (bicyclic) bond motifs is 1. The van der Waals surface area contributed by atoms with Gasteiger partial charge in [0.05, 0.1) is 19.0 Å². The number of hydrogen-bond donors (Lipinski definition) is 4. The van der Waals surface area contributed by atoms with Crippen LogP contribution in [-0.4, -0.2) is 66.7 Å². The molecule has 1 aliphatic rings. The highest BCUT2D eigenvalue weighted by atomic mass is 35.5. The number of rotatable bonds is 10. The summed E-state index contributed by atoms with van der Waals surface area (Å²) in [5.41, 5.74) is 4.73. The van der Waals surface area contributed by atoms with E-state index < -0.39 is 54.4 Å². The van der Waals surface area contributed by atoms with Crippen molar-refractivity contribution >= 4 is 53.1 Å². The second-order valence-electron chi connectivity index (χ2n) is 8.96. The van der Waals surface area contributed by atoms with Crippen molar-refractivity contribution in [3.8, 4) is 5.75 Å². The van der Waals surface area contributed by atoms with Gasteiger partial charge in [0.2, 0.25) is 5.95 Å². The van der Waals surface area contributed by atoms with Gasteiger partial charge in [-0.2, -0.15) is 4.98 Å². The minimum Gasteiger partial charge on any atom is -0.462 e. The molecular formula is C22H27ClFN6O7PS. The first-order valence-electron chi connectivity index (χ1n) is 11.7. The van der Waals surface area contributed by atoms with Gasteiger partial charge < -0.3 is 29.4 Å². The molecule has 0 amide bonds. The summed E-state index contributed by atoms with van der Waals surface area (Å²) >= 11 is 11.7. The molecule has 0 saturated carbocycles. The van der Waals surface area contributed by atoms with E-state index in [4.69, 9.17) is 47.7 Å². The number of aromatic nitrogens is 4. The van der Waals surface area contributed by atoms with Gasteiger partial charge >= 0.3 is 12.6 Å². The molecule has 0 spiro atoms. The van der Waals surface area contributed by atoms with E-state index in [9.17, 15) is 14.7 Å². The molecule has 0 aliphatic carbocycles. The molecule has 1 aliphatic heterocycles. The molecule has 1 aromatic carbocycles. The maximum absolute atomic E-state index is 15.6. The molecule has 212 valence electrons. The highest BCUT2D eigenvalue weighted by Gasteiger charge is 2.58. The van der Waals surface area contributed by atoms with Crippen LogP contribution in [0.15, 0.2) is 41.5 Å². The van der Waals surface area contributed by atoms with Crippen LogP contribution >= 0.6 is 18.2 Å². The normalized spacial score (nSPS) is 25.5. The number of nitrogen functional groups attached to an aromatic ring is 1. The molecule has 1 fully saturated rings. The van der Waals surface area contributed by atoms with Gasteiger partial charge in [0.1, 0.15) is 24.0 Å². The average Bonchev–Trinajstić information content (AvgIpc) is 3.36. The number of para-hydroxylation sites is 1. The fourth-order valence-electron chi connectivity index (χ4n) is 3.73. The largest absolute Gasteiger partial charge is 0.462 e. The molecule has 13 nitrogen and oxygen atoms in total. The summed E-state index contributed by atoms with van der Waals surface area (Å²) < 4.78 is 39.4. The van der Waals surface area contributed by atoms with E-state index in [0.717, 1.165) is 10.9 Å². The van der Waals surface area contributed by atoms with Crippen LogP contribution in [0.2, 0.25) is 0 Å². The first-order chi connectivity index (χ1) is 18.3. The monoisotopic (exact) mass is 604 g/mol. The summed E-state index contributed by atoms with van der Waals surface area (Å²) in [4.78, 5) is 34.7. The second kappa shape index (κ2) is 11.5. The summed E-state index contributed by atoms with van der Waals surface area (Å²) in [7, 11) is 0. The number of nitrogens with zero attached hydrogens (tertiary/aromatic N) is 3. The zero-order valence-corrected chi connectivity index (χ0v) is 23.5. The van der Waals surface area contributed by atoms with Gasteiger partial charge in [-0.1, -0.05) is 29.8 Å². The molecule has 3 aromatic rings. The molecule has 39 heavy (non-hydrogen) atoms. The molecular weight excluding hydrogens is 578 g/mol. The SMILES string of the molecule is CC(C)OC(=O)C(C)NP(=S)(OC[C@H]1O[C@@H](n2cnc3c(=O)[nH]c(N)nc32)[C@@](F)(Cl)[C@@H]1O)Oc1ccccc1. The maximum Gasteiger partial charge on any atom is 0.323 e. The summed E-state index contributed by atoms with van der Waals surface area (Å²) in [5.74, 6) is -0.477. The van der Waals surface area contributed by atoms with Crippen molar-refractivity contribution in [1.29, 1.82) is 0 Å². The van der Waals surface area contributed by atoms with Crippen molar-refractivity contribution in [2.75, 3.05) is 12.3 Å². The van der Waals surface area contributed by atoms with Crippen LogP contribution in [-0.2, 0) is 30.6 Å². The van der Waals surface area contributed by atoms with Crippen molar-refractivity contribution < 1.29 is 32.8 Å². The van der Waals surface area contributed by atoms with Gasteiger partial charge in [-0.05, 0) is 44.7 Å². The summed E-state index contributed by atoms with van der Waals surface area (Å²) in [6, 6.07) is 7.54. The Hall–Kier alpha value is -2.65. The Kier molecular flexibility index (Phi) is 8.61. The number of nitrogens with two attached hydrogens (primary N) is 1. The minimum absolute atomic E-state index is 0.102. The number of alkyl halides is 2. The van der Waals surface area contributed by atoms with Crippen LogP contribution in [0.5, 0.6) is 5.75 Å². The Bertz CT molecular complexity index is 1440. The van der Waals surface area contributed by atoms with Gasteiger partial charge in [0.25, 0.3) is 10.7 Å².